The molecule has 0 unspecified atom stereocenters. The van der Waals surface area contributed by atoms with Crippen LogP contribution in [-0.4, -0.2) is 31.8 Å². The van der Waals surface area contributed by atoms with E-state index in [1.807, 2.05) is 13.8 Å². The average Bonchev–Trinajstić information content (AvgIpc) is 2.75. The topological polar surface area (TPSA) is 97.6 Å². The number of amides is 1. The number of fused-ring (bicyclic) bond motifs is 3. The summed E-state index contributed by atoms with van der Waals surface area (Å²) in [5.74, 6) is -0.257. The lowest BCUT2D eigenvalue weighted by atomic mass is 10.1. The predicted octanol–water partition coefficient (Wildman–Crippen LogP) is 1.70. The fourth-order valence-electron chi connectivity index (χ4n) is 2.22. The zero-order chi connectivity index (χ0) is 14.3. The molecule has 1 aromatic carbocycles. The van der Waals surface area contributed by atoms with Gasteiger partial charge < -0.3 is 10.7 Å². The summed E-state index contributed by atoms with van der Waals surface area (Å²) in [7, 11) is 0. The predicted molar refractivity (Wildman–Crippen MR) is 78.6 cm³/mol. The van der Waals surface area contributed by atoms with E-state index in [0.29, 0.717) is 10.8 Å². The Labute approximate surface area is 119 Å². The van der Waals surface area contributed by atoms with Gasteiger partial charge >= 0.3 is 0 Å². The molecule has 3 aromatic rings. The summed E-state index contributed by atoms with van der Waals surface area (Å²) in [5, 5.41) is 9.71. The van der Waals surface area contributed by atoms with Crippen LogP contribution in [0.4, 0.5) is 0 Å². The molecule has 6 nitrogen and oxygen atoms in total. The number of aromatic nitrogens is 4. The molecule has 2 heterocycles. The molecule has 0 fully saturated rings. The van der Waals surface area contributed by atoms with Gasteiger partial charge in [-0.1, -0.05) is 23.4 Å². The van der Waals surface area contributed by atoms with E-state index in [1.54, 1.807) is 0 Å². The second-order valence-corrected chi connectivity index (χ2v) is 5.62. The zero-order valence-electron chi connectivity index (χ0n) is 11.1. The van der Waals surface area contributed by atoms with E-state index < -0.39 is 5.91 Å². The molecular weight excluding hydrogens is 274 g/mol. The smallest absolute Gasteiger partial charge is 0.227 e. The molecule has 0 bridgehead atoms. The minimum atomic E-state index is -0.401. The summed E-state index contributed by atoms with van der Waals surface area (Å²) in [6.45, 7) is 4.09. The van der Waals surface area contributed by atoms with E-state index in [0.717, 1.165) is 22.0 Å². The Kier molecular flexibility index (Phi) is 3.06. The van der Waals surface area contributed by atoms with E-state index in [2.05, 4.69) is 32.3 Å². The Balaban J connectivity index is 2.13. The summed E-state index contributed by atoms with van der Waals surface area (Å²) in [4.78, 5) is 18.4. The Morgan fingerprint density at radius 1 is 1.35 bits per heavy atom. The molecule has 0 saturated carbocycles. The molecule has 20 heavy (non-hydrogen) atoms. The van der Waals surface area contributed by atoms with Crippen molar-refractivity contribution in [3.63, 3.8) is 0 Å². The van der Waals surface area contributed by atoms with Crippen molar-refractivity contribution in [2.75, 3.05) is 5.75 Å². The summed E-state index contributed by atoms with van der Waals surface area (Å²) < 4.78 is 0. The number of hydrogen-bond donors (Lipinski definition) is 2. The summed E-state index contributed by atoms with van der Waals surface area (Å²) >= 11 is 1.18. The number of thioether (sulfide) groups is 1. The van der Waals surface area contributed by atoms with E-state index in [9.17, 15) is 4.79 Å². The molecular formula is C13H13N5OS. The third-order valence-electron chi connectivity index (χ3n) is 2.99. The van der Waals surface area contributed by atoms with E-state index >= 15 is 0 Å². The molecule has 0 saturated heterocycles. The minimum absolute atomic E-state index is 0.144. The van der Waals surface area contributed by atoms with Gasteiger partial charge in [0, 0.05) is 5.39 Å². The number of nitrogens with zero attached hydrogens (tertiary/aromatic N) is 3. The van der Waals surface area contributed by atoms with Gasteiger partial charge in [-0.3, -0.25) is 4.79 Å². The average molecular weight is 287 g/mol. The lowest BCUT2D eigenvalue weighted by Crippen LogP contribution is -2.13. The van der Waals surface area contributed by atoms with Crippen molar-refractivity contribution in [3.05, 3.63) is 23.3 Å². The number of nitrogens with two attached hydrogens (primary N) is 1. The molecule has 0 aliphatic rings. The highest BCUT2D eigenvalue weighted by molar-refractivity contribution is 7.99. The first-order valence-corrected chi connectivity index (χ1v) is 7.07. The zero-order valence-corrected chi connectivity index (χ0v) is 11.9. The van der Waals surface area contributed by atoms with Crippen LogP contribution in [0.2, 0.25) is 0 Å². The van der Waals surface area contributed by atoms with Crippen LogP contribution in [0.3, 0.4) is 0 Å². The maximum absolute atomic E-state index is 10.8. The highest BCUT2D eigenvalue weighted by Gasteiger charge is 2.11. The number of primary amides is 1. The number of H-pyrrole nitrogens is 1. The quantitative estimate of drug-likeness (QED) is 0.714. The van der Waals surface area contributed by atoms with Gasteiger partial charge in [0.15, 0.2) is 5.65 Å². The summed E-state index contributed by atoms with van der Waals surface area (Å²) in [5.41, 5.74) is 9.86. The molecule has 0 radical (unpaired) electrons. The van der Waals surface area contributed by atoms with E-state index in [4.69, 9.17) is 5.73 Å². The number of aryl methyl sites for hydroxylation is 2. The lowest BCUT2D eigenvalue weighted by Gasteiger charge is -1.98. The summed E-state index contributed by atoms with van der Waals surface area (Å²) in [6.07, 6.45) is 0. The Hall–Kier alpha value is -2.15. The number of benzene rings is 1. The largest absolute Gasteiger partial charge is 0.369 e. The molecule has 1 amide bonds. The lowest BCUT2D eigenvalue weighted by molar-refractivity contribution is -0.115. The van der Waals surface area contributed by atoms with Gasteiger partial charge in [0.1, 0.15) is 5.52 Å². The van der Waals surface area contributed by atoms with E-state index in [1.165, 1.54) is 17.3 Å². The molecule has 0 spiro atoms. The van der Waals surface area contributed by atoms with Crippen LogP contribution in [0.1, 0.15) is 11.1 Å². The molecule has 7 heteroatoms. The molecule has 102 valence electrons. The van der Waals surface area contributed by atoms with Gasteiger partial charge in [0.25, 0.3) is 0 Å². The number of aromatic amines is 1. The maximum atomic E-state index is 10.8. The third-order valence-corrected chi connectivity index (χ3v) is 3.85. The van der Waals surface area contributed by atoms with Crippen LogP contribution in [0.15, 0.2) is 17.3 Å². The maximum Gasteiger partial charge on any atom is 0.227 e. The van der Waals surface area contributed by atoms with Crippen molar-refractivity contribution < 1.29 is 4.79 Å². The van der Waals surface area contributed by atoms with Gasteiger partial charge in [-0.15, -0.1) is 10.2 Å². The van der Waals surface area contributed by atoms with Crippen molar-refractivity contribution in [2.24, 2.45) is 5.73 Å². The Bertz CT molecular complexity index is 826. The van der Waals surface area contributed by atoms with Crippen LogP contribution in [0.5, 0.6) is 0 Å². The second kappa shape index (κ2) is 4.75. The van der Waals surface area contributed by atoms with Gasteiger partial charge in [-0.05, 0) is 25.5 Å². The minimum Gasteiger partial charge on any atom is -0.369 e. The normalized spacial score (nSPS) is 11.3. The van der Waals surface area contributed by atoms with Crippen LogP contribution >= 0.6 is 11.8 Å². The highest BCUT2D eigenvalue weighted by atomic mass is 32.2. The molecule has 0 aliphatic heterocycles. The van der Waals surface area contributed by atoms with Crippen LogP contribution in [-0.2, 0) is 4.79 Å². The van der Waals surface area contributed by atoms with Crippen molar-refractivity contribution >= 4 is 39.7 Å². The molecule has 2 aromatic heterocycles. The van der Waals surface area contributed by atoms with Crippen LogP contribution < -0.4 is 5.73 Å². The van der Waals surface area contributed by atoms with Gasteiger partial charge in [-0.25, -0.2) is 4.98 Å². The monoisotopic (exact) mass is 287 g/mol. The fraction of sp³-hybridized carbons (Fsp3) is 0.231. The second-order valence-electron chi connectivity index (χ2n) is 4.68. The van der Waals surface area contributed by atoms with Crippen molar-refractivity contribution in [3.8, 4) is 0 Å². The fourth-order valence-corrected chi connectivity index (χ4v) is 2.74. The van der Waals surface area contributed by atoms with Gasteiger partial charge in [-0.2, -0.15) is 0 Å². The number of carbonyl (C=O) groups excluding carboxylic acids is 1. The van der Waals surface area contributed by atoms with E-state index in [-0.39, 0.29) is 5.75 Å². The van der Waals surface area contributed by atoms with Crippen molar-refractivity contribution in [1.82, 2.24) is 20.2 Å². The highest BCUT2D eigenvalue weighted by Crippen LogP contribution is 2.26. The van der Waals surface area contributed by atoms with Gasteiger partial charge in [0.05, 0.1) is 11.3 Å². The van der Waals surface area contributed by atoms with Crippen LogP contribution in [0, 0.1) is 13.8 Å². The van der Waals surface area contributed by atoms with Crippen LogP contribution in [0.25, 0.3) is 22.1 Å². The first-order valence-electron chi connectivity index (χ1n) is 6.09. The molecule has 0 atom stereocenters. The summed E-state index contributed by atoms with van der Waals surface area (Å²) in [6, 6.07) is 4.17. The third kappa shape index (κ3) is 2.20. The van der Waals surface area contributed by atoms with Crippen molar-refractivity contribution in [1.29, 1.82) is 0 Å². The van der Waals surface area contributed by atoms with Gasteiger partial charge in [0.2, 0.25) is 11.1 Å². The molecule has 3 rings (SSSR count). The number of rotatable bonds is 3. The number of nitrogens with one attached hydrogen (secondary N) is 1. The Morgan fingerprint density at radius 2 is 2.15 bits per heavy atom. The number of hydrogen-bond acceptors (Lipinski definition) is 5. The first kappa shape index (κ1) is 12.9. The first-order chi connectivity index (χ1) is 9.54. The Morgan fingerprint density at radius 3 is 2.90 bits per heavy atom. The molecule has 3 N–H and O–H groups in total. The molecule has 0 aliphatic carbocycles. The standard InChI is InChI=1S/C13H13N5OS/c1-6-3-7(2)10-8(4-6)11-12(15-10)16-13(18-17-11)20-5-9(14)19/h3-4H,5H2,1-2H3,(H2,14,19)(H,15,16,18). The SMILES string of the molecule is Cc1cc(C)c2[nH]c3nc(SCC(N)=O)nnc3c2c1. The van der Waals surface area contributed by atoms with Crippen molar-refractivity contribution in [2.45, 2.75) is 19.0 Å². The number of carbonyl (C=O) groups is 1.